The zero-order valence-electron chi connectivity index (χ0n) is 13.3. The van der Waals surface area contributed by atoms with E-state index in [2.05, 4.69) is 4.98 Å². The maximum Gasteiger partial charge on any atom is 0.265 e. The molecule has 0 N–H and O–H groups in total. The Labute approximate surface area is 150 Å². The number of carbonyl (C=O) groups is 1. The fourth-order valence-electron chi connectivity index (χ4n) is 2.86. The molecule has 0 radical (unpaired) electrons. The molecule has 0 spiro atoms. The van der Waals surface area contributed by atoms with Crippen molar-refractivity contribution in [3.8, 4) is 0 Å². The molecule has 0 aliphatic carbocycles. The van der Waals surface area contributed by atoms with Gasteiger partial charge in [0.1, 0.15) is 4.88 Å². The van der Waals surface area contributed by atoms with Crippen molar-refractivity contribution in [2.75, 3.05) is 13.1 Å². The topological polar surface area (TPSA) is 67.3 Å². The Balaban J connectivity index is 1.78. The molecule has 1 unspecified atom stereocenters. The summed E-state index contributed by atoms with van der Waals surface area (Å²) in [6.07, 6.45) is 0.438. The predicted octanol–water partition coefficient (Wildman–Crippen LogP) is 3.10. The second-order valence-corrected chi connectivity index (χ2v) is 9.68. The van der Waals surface area contributed by atoms with Gasteiger partial charge in [0, 0.05) is 18.1 Å². The third kappa shape index (κ3) is 3.20. The molecule has 1 aromatic heterocycles. The SMILES string of the molecule is Cc1nc(C)c(C(=O)N2CCC(S(=O)(=O)c3ccc(Cl)cc3)C2)s1. The normalized spacial score (nSPS) is 18.1. The number of nitrogens with zero attached hydrogens (tertiary/aromatic N) is 2. The highest BCUT2D eigenvalue weighted by atomic mass is 35.5. The van der Waals surface area contributed by atoms with Crippen LogP contribution in [0.3, 0.4) is 0 Å². The van der Waals surface area contributed by atoms with E-state index in [0.29, 0.717) is 28.6 Å². The van der Waals surface area contributed by atoms with Crippen molar-refractivity contribution in [2.45, 2.75) is 30.4 Å². The molecule has 1 aromatic carbocycles. The van der Waals surface area contributed by atoms with Crippen LogP contribution in [-0.4, -0.2) is 42.5 Å². The van der Waals surface area contributed by atoms with Crippen molar-refractivity contribution in [3.63, 3.8) is 0 Å². The number of aromatic nitrogens is 1. The summed E-state index contributed by atoms with van der Waals surface area (Å²) in [4.78, 5) is 19.3. The summed E-state index contributed by atoms with van der Waals surface area (Å²) in [7, 11) is -3.47. The lowest BCUT2D eigenvalue weighted by Crippen LogP contribution is -2.31. The number of hydrogen-bond donors (Lipinski definition) is 0. The summed E-state index contributed by atoms with van der Waals surface area (Å²) >= 11 is 7.17. The highest BCUT2D eigenvalue weighted by Crippen LogP contribution is 2.27. The molecule has 1 amide bonds. The van der Waals surface area contributed by atoms with E-state index in [1.54, 1.807) is 24.0 Å². The van der Waals surface area contributed by atoms with Gasteiger partial charge in [-0.05, 0) is 44.5 Å². The molecule has 2 aromatic rings. The van der Waals surface area contributed by atoms with Crippen molar-refractivity contribution < 1.29 is 13.2 Å². The minimum absolute atomic E-state index is 0.132. The first-order valence-corrected chi connectivity index (χ1v) is 10.3. The average molecular weight is 385 g/mol. The maximum absolute atomic E-state index is 12.7. The van der Waals surface area contributed by atoms with E-state index in [4.69, 9.17) is 11.6 Å². The van der Waals surface area contributed by atoms with E-state index in [-0.39, 0.29) is 17.3 Å². The number of sulfone groups is 1. The fraction of sp³-hybridized carbons (Fsp3) is 0.375. The highest BCUT2D eigenvalue weighted by Gasteiger charge is 2.37. The Morgan fingerprint density at radius 1 is 1.29 bits per heavy atom. The third-order valence-electron chi connectivity index (χ3n) is 4.11. The molecule has 8 heteroatoms. The van der Waals surface area contributed by atoms with Gasteiger partial charge in [0.15, 0.2) is 9.84 Å². The average Bonchev–Trinajstić information content (AvgIpc) is 3.14. The zero-order valence-corrected chi connectivity index (χ0v) is 15.7. The van der Waals surface area contributed by atoms with Crippen molar-refractivity contribution in [3.05, 3.63) is 44.9 Å². The highest BCUT2D eigenvalue weighted by molar-refractivity contribution is 7.92. The molecule has 1 fully saturated rings. The van der Waals surface area contributed by atoms with Crippen molar-refractivity contribution in [1.29, 1.82) is 0 Å². The molecule has 5 nitrogen and oxygen atoms in total. The lowest BCUT2D eigenvalue weighted by molar-refractivity contribution is 0.0797. The number of halogens is 1. The number of aryl methyl sites for hydroxylation is 2. The minimum atomic E-state index is -3.47. The van der Waals surface area contributed by atoms with Gasteiger partial charge in [0.25, 0.3) is 5.91 Å². The van der Waals surface area contributed by atoms with Gasteiger partial charge in [-0.2, -0.15) is 0 Å². The second-order valence-electron chi connectivity index (χ2n) is 5.81. The van der Waals surface area contributed by atoms with Crippen molar-refractivity contribution in [1.82, 2.24) is 9.88 Å². The van der Waals surface area contributed by atoms with Crippen LogP contribution in [0.4, 0.5) is 0 Å². The van der Waals surface area contributed by atoms with E-state index in [1.807, 2.05) is 6.92 Å². The Morgan fingerprint density at radius 3 is 2.54 bits per heavy atom. The van der Waals surface area contributed by atoms with Gasteiger partial charge in [-0.15, -0.1) is 11.3 Å². The molecule has 0 bridgehead atoms. The predicted molar refractivity (Wildman–Crippen MR) is 94.5 cm³/mol. The first kappa shape index (κ1) is 17.4. The molecule has 2 heterocycles. The van der Waals surface area contributed by atoms with Crippen LogP contribution in [0.1, 0.15) is 26.8 Å². The van der Waals surface area contributed by atoms with Crippen LogP contribution in [0.2, 0.25) is 5.02 Å². The smallest absolute Gasteiger partial charge is 0.265 e. The second kappa shape index (κ2) is 6.46. The van der Waals surface area contributed by atoms with Gasteiger partial charge in [0.05, 0.1) is 20.8 Å². The molecular formula is C16H17ClN2O3S2. The van der Waals surface area contributed by atoms with Crippen LogP contribution in [0.15, 0.2) is 29.2 Å². The van der Waals surface area contributed by atoms with Crippen LogP contribution in [-0.2, 0) is 9.84 Å². The minimum Gasteiger partial charge on any atom is -0.337 e. The van der Waals surface area contributed by atoms with Crippen LogP contribution in [0.5, 0.6) is 0 Å². The summed E-state index contributed by atoms with van der Waals surface area (Å²) in [5.41, 5.74) is 0.700. The van der Waals surface area contributed by atoms with E-state index in [9.17, 15) is 13.2 Å². The third-order valence-corrected chi connectivity index (χ3v) is 7.62. The first-order valence-electron chi connectivity index (χ1n) is 7.52. The number of amides is 1. The summed E-state index contributed by atoms with van der Waals surface area (Å²) < 4.78 is 25.5. The van der Waals surface area contributed by atoms with Gasteiger partial charge in [-0.25, -0.2) is 13.4 Å². The number of carbonyl (C=O) groups excluding carboxylic acids is 1. The number of hydrogen-bond acceptors (Lipinski definition) is 5. The Hall–Kier alpha value is -1.44. The molecule has 1 saturated heterocycles. The number of benzene rings is 1. The molecule has 0 saturated carbocycles. The standard InChI is InChI=1S/C16H17ClN2O3S2/c1-10-15(23-11(2)18-10)16(20)19-8-7-14(9-19)24(21,22)13-5-3-12(17)4-6-13/h3-6,14H,7-9H2,1-2H3. The monoisotopic (exact) mass is 384 g/mol. The molecule has 1 atom stereocenters. The van der Waals surface area contributed by atoms with Gasteiger partial charge >= 0.3 is 0 Å². The quantitative estimate of drug-likeness (QED) is 0.815. The first-order chi connectivity index (χ1) is 11.3. The number of likely N-dealkylation sites (tertiary alicyclic amines) is 1. The van der Waals surface area contributed by atoms with Crippen LogP contribution >= 0.6 is 22.9 Å². The van der Waals surface area contributed by atoms with E-state index in [0.717, 1.165) is 5.01 Å². The summed E-state index contributed by atoms with van der Waals surface area (Å²) in [5.74, 6) is -0.132. The number of rotatable bonds is 3. The van der Waals surface area contributed by atoms with Gasteiger partial charge < -0.3 is 4.90 Å². The lowest BCUT2D eigenvalue weighted by atomic mass is 10.3. The number of thiazole rings is 1. The van der Waals surface area contributed by atoms with Gasteiger partial charge in [-0.3, -0.25) is 4.79 Å². The lowest BCUT2D eigenvalue weighted by Gasteiger charge is -2.16. The van der Waals surface area contributed by atoms with Crippen molar-refractivity contribution in [2.24, 2.45) is 0 Å². The molecular weight excluding hydrogens is 368 g/mol. The Kier molecular flexibility index (Phi) is 4.68. The van der Waals surface area contributed by atoms with Crippen LogP contribution < -0.4 is 0 Å². The summed E-state index contributed by atoms with van der Waals surface area (Å²) in [6, 6.07) is 6.16. The van der Waals surface area contributed by atoms with E-state index >= 15 is 0 Å². The van der Waals surface area contributed by atoms with E-state index in [1.165, 1.54) is 23.5 Å². The van der Waals surface area contributed by atoms with Crippen LogP contribution in [0, 0.1) is 13.8 Å². The molecule has 1 aliphatic heterocycles. The molecule has 3 rings (SSSR count). The molecule has 128 valence electrons. The Morgan fingerprint density at radius 2 is 1.96 bits per heavy atom. The molecule has 1 aliphatic rings. The summed E-state index contributed by atoms with van der Waals surface area (Å²) in [6.45, 7) is 4.30. The van der Waals surface area contributed by atoms with Gasteiger partial charge in [-0.1, -0.05) is 11.6 Å². The molecule has 24 heavy (non-hydrogen) atoms. The zero-order chi connectivity index (χ0) is 17.5. The van der Waals surface area contributed by atoms with Gasteiger partial charge in [0.2, 0.25) is 0 Å². The largest absolute Gasteiger partial charge is 0.337 e. The Bertz CT molecular complexity index is 875. The summed E-state index contributed by atoms with van der Waals surface area (Å²) in [5, 5.41) is 0.741. The van der Waals surface area contributed by atoms with Crippen LogP contribution in [0.25, 0.3) is 0 Å². The fourth-order valence-corrected chi connectivity index (χ4v) is 5.56. The van der Waals surface area contributed by atoms with Crippen molar-refractivity contribution >= 4 is 38.7 Å². The van der Waals surface area contributed by atoms with E-state index < -0.39 is 15.1 Å². The maximum atomic E-state index is 12.7.